The molecule has 3 aromatic carbocycles. The second-order valence-electron chi connectivity index (χ2n) is 14.2. The zero-order valence-corrected chi connectivity index (χ0v) is 32.6. The van der Waals surface area contributed by atoms with Crippen LogP contribution in [0.2, 0.25) is 16.6 Å². The van der Waals surface area contributed by atoms with Crippen molar-refractivity contribution in [3.8, 4) is 11.5 Å². The van der Waals surface area contributed by atoms with Gasteiger partial charge in [0.15, 0.2) is 0 Å². The maximum absolute atomic E-state index is 13.6. The predicted octanol–water partition coefficient (Wildman–Crippen LogP) is 8.36. The lowest BCUT2D eigenvalue weighted by Gasteiger charge is -2.50. The maximum atomic E-state index is 13.6. The van der Waals surface area contributed by atoms with Crippen LogP contribution in [0.25, 0.3) is 0 Å². The summed E-state index contributed by atoms with van der Waals surface area (Å²) < 4.78 is 37.0. The molecular formula is C41H59NO8Si. The Morgan fingerprint density at radius 3 is 2.10 bits per heavy atom. The number of para-hydroxylation sites is 1. The Balaban J connectivity index is 1.50. The topological polar surface area (TPSA) is 95.9 Å². The van der Waals surface area contributed by atoms with Crippen molar-refractivity contribution in [1.29, 1.82) is 0 Å². The van der Waals surface area contributed by atoms with E-state index in [1.54, 1.807) is 12.0 Å². The highest BCUT2D eigenvalue weighted by Gasteiger charge is 2.51. The van der Waals surface area contributed by atoms with E-state index in [0.29, 0.717) is 49.5 Å². The molecule has 51 heavy (non-hydrogen) atoms. The van der Waals surface area contributed by atoms with Gasteiger partial charge in [0.25, 0.3) is 0 Å². The average molecular weight is 722 g/mol. The minimum Gasteiger partial charge on any atom is -0.496 e. The van der Waals surface area contributed by atoms with E-state index in [0.717, 1.165) is 34.6 Å². The minimum atomic E-state index is -2.38. The highest BCUT2D eigenvalue weighted by molar-refractivity contribution is 6.77. The van der Waals surface area contributed by atoms with E-state index in [4.69, 9.17) is 28.1 Å². The van der Waals surface area contributed by atoms with Gasteiger partial charge < -0.3 is 38.1 Å². The van der Waals surface area contributed by atoms with Crippen LogP contribution in [0.4, 0.5) is 4.79 Å². The summed E-state index contributed by atoms with van der Waals surface area (Å²) in [6, 6.07) is 25.7. The number of nitrogens with zero attached hydrogens (tertiary/aromatic N) is 1. The smallest absolute Gasteiger partial charge is 0.410 e. The molecule has 0 saturated carbocycles. The summed E-state index contributed by atoms with van der Waals surface area (Å²) in [5, 5.41) is 9.78. The third-order valence-electron chi connectivity index (χ3n) is 9.97. The molecular weight excluding hydrogens is 663 g/mol. The number of methoxy groups -OCH3 is 1. The van der Waals surface area contributed by atoms with Crippen LogP contribution in [-0.2, 0) is 31.9 Å². The molecule has 9 nitrogen and oxygen atoms in total. The molecule has 1 heterocycles. The molecule has 0 radical (unpaired) electrons. The molecule has 1 aliphatic heterocycles. The van der Waals surface area contributed by atoms with E-state index >= 15 is 0 Å². The first-order valence-corrected chi connectivity index (χ1v) is 20.5. The van der Waals surface area contributed by atoms with E-state index in [-0.39, 0.29) is 31.8 Å². The summed E-state index contributed by atoms with van der Waals surface area (Å²) in [6.07, 6.45) is -0.400. The zero-order valence-electron chi connectivity index (χ0n) is 31.6. The van der Waals surface area contributed by atoms with Crippen LogP contribution in [-0.4, -0.2) is 83.3 Å². The molecule has 0 bridgehead atoms. The summed E-state index contributed by atoms with van der Waals surface area (Å²) >= 11 is 0. The lowest BCUT2D eigenvalue weighted by Crippen LogP contribution is -2.59. The fourth-order valence-electron chi connectivity index (χ4n) is 7.65. The number of amides is 1. The van der Waals surface area contributed by atoms with Gasteiger partial charge in [0.2, 0.25) is 8.32 Å². The number of piperidine rings is 1. The van der Waals surface area contributed by atoms with Gasteiger partial charge in [-0.05, 0) is 45.9 Å². The highest BCUT2D eigenvalue weighted by Crippen LogP contribution is 2.46. The Labute approximate surface area is 306 Å². The van der Waals surface area contributed by atoms with Gasteiger partial charge in [-0.15, -0.1) is 0 Å². The number of carbonyl (C=O) groups is 1. The molecule has 1 amide bonds. The number of ether oxygens (including phenoxy) is 5. The lowest BCUT2D eigenvalue weighted by atomic mass is 9.84. The summed E-state index contributed by atoms with van der Waals surface area (Å²) in [4.78, 5) is 15.3. The first-order chi connectivity index (χ1) is 24.6. The summed E-state index contributed by atoms with van der Waals surface area (Å²) in [6.45, 7) is 16.1. The number of benzene rings is 3. The van der Waals surface area contributed by atoms with Crippen molar-refractivity contribution in [1.82, 2.24) is 4.90 Å². The fourth-order valence-corrected chi connectivity index (χ4v) is 13.2. The number of aliphatic hydroxyl groups is 1. The zero-order chi connectivity index (χ0) is 36.8. The van der Waals surface area contributed by atoms with Crippen molar-refractivity contribution in [2.45, 2.75) is 95.9 Å². The Morgan fingerprint density at radius 1 is 0.804 bits per heavy atom. The van der Waals surface area contributed by atoms with Crippen LogP contribution in [0, 0.1) is 0 Å². The largest absolute Gasteiger partial charge is 0.496 e. The third kappa shape index (κ3) is 10.8. The molecule has 1 N–H and O–H groups in total. The van der Waals surface area contributed by atoms with Crippen molar-refractivity contribution in [2.75, 3.05) is 46.6 Å². The van der Waals surface area contributed by atoms with Crippen LogP contribution in [0.15, 0.2) is 78.9 Å². The van der Waals surface area contributed by atoms with E-state index in [1.807, 2.05) is 66.7 Å². The maximum Gasteiger partial charge on any atom is 0.410 e. The van der Waals surface area contributed by atoms with Crippen LogP contribution in [0.1, 0.15) is 70.6 Å². The van der Waals surface area contributed by atoms with E-state index in [1.165, 1.54) is 0 Å². The molecule has 3 aromatic rings. The van der Waals surface area contributed by atoms with Crippen molar-refractivity contribution in [3.63, 3.8) is 0 Å². The fraction of sp³-hybridized carbons (Fsp3) is 0.537. The molecule has 1 aliphatic rings. The molecule has 1 fully saturated rings. The van der Waals surface area contributed by atoms with Gasteiger partial charge in [-0.25, -0.2) is 4.79 Å². The molecule has 3 atom stereocenters. The normalized spacial score (nSPS) is 18.0. The van der Waals surface area contributed by atoms with Gasteiger partial charge >= 0.3 is 6.09 Å². The number of aliphatic hydroxyl groups excluding tert-OH is 1. The first-order valence-electron chi connectivity index (χ1n) is 18.4. The Kier molecular flexibility index (Phi) is 15.8. The second-order valence-corrected chi connectivity index (χ2v) is 19.6. The van der Waals surface area contributed by atoms with Crippen LogP contribution in [0.3, 0.4) is 0 Å². The summed E-state index contributed by atoms with van der Waals surface area (Å²) in [7, 11) is -0.715. The SMILES string of the molecule is COc1ccccc1COCCCOc1ccc([C@@H]2[C@@H](OCCO)CN(C(=O)OCc3ccccc3)C[C@H]2O[Si](C(C)C)(C(C)C)C(C)C)cc1. The number of hydrogen-bond donors (Lipinski definition) is 1. The predicted molar refractivity (Wildman–Crippen MR) is 203 cm³/mol. The van der Waals surface area contributed by atoms with Crippen LogP contribution >= 0.6 is 0 Å². The summed E-state index contributed by atoms with van der Waals surface area (Å²) in [5.41, 5.74) is 4.05. The Morgan fingerprint density at radius 2 is 1.45 bits per heavy atom. The van der Waals surface area contributed by atoms with Crippen LogP contribution < -0.4 is 9.47 Å². The third-order valence-corrected chi connectivity index (χ3v) is 16.1. The lowest BCUT2D eigenvalue weighted by molar-refractivity contribution is -0.0667. The molecule has 0 unspecified atom stereocenters. The van der Waals surface area contributed by atoms with Crippen molar-refractivity contribution < 1.29 is 38.0 Å². The molecule has 0 spiro atoms. The van der Waals surface area contributed by atoms with Gasteiger partial charge in [0.05, 0.1) is 58.9 Å². The molecule has 1 saturated heterocycles. The Hall–Kier alpha value is -3.41. The molecule has 4 rings (SSSR count). The van der Waals surface area contributed by atoms with Crippen molar-refractivity contribution in [2.24, 2.45) is 0 Å². The van der Waals surface area contributed by atoms with Gasteiger partial charge in [-0.3, -0.25) is 0 Å². The van der Waals surface area contributed by atoms with Crippen LogP contribution in [0.5, 0.6) is 11.5 Å². The monoisotopic (exact) mass is 721 g/mol. The first kappa shape index (κ1) is 40.4. The van der Waals surface area contributed by atoms with Crippen molar-refractivity contribution in [3.05, 3.63) is 95.6 Å². The van der Waals surface area contributed by atoms with E-state index in [2.05, 4.69) is 53.7 Å². The standard InChI is InChI=1S/C41H59NO8Si/c1-30(2)51(31(3)4,32(5)6)50-39-27-42(41(44)49-28-33-14-9-8-10-15-33)26-38(48-25-22-43)40(39)34-18-20-36(21-19-34)47-24-13-23-46-29-35-16-11-12-17-37(35)45-7/h8-12,14-21,30-32,38-40,43H,13,22-29H2,1-7H3/t38-,39+,40+/m0/s1. The Bertz CT molecular complexity index is 1430. The number of carbonyl (C=O) groups excluding carboxylic acids is 1. The van der Waals surface area contributed by atoms with Gasteiger partial charge in [-0.2, -0.15) is 0 Å². The molecule has 10 heteroatoms. The summed E-state index contributed by atoms with van der Waals surface area (Å²) in [5.74, 6) is 1.42. The highest BCUT2D eigenvalue weighted by atomic mass is 28.4. The molecule has 0 aliphatic carbocycles. The van der Waals surface area contributed by atoms with Gasteiger partial charge in [0.1, 0.15) is 18.1 Å². The van der Waals surface area contributed by atoms with E-state index < -0.39 is 20.5 Å². The number of hydrogen-bond acceptors (Lipinski definition) is 8. The quantitative estimate of drug-likeness (QED) is 0.0975. The molecule has 280 valence electrons. The van der Waals surface area contributed by atoms with Gasteiger partial charge in [-0.1, -0.05) is 102 Å². The number of likely N-dealkylation sites (tertiary alicyclic amines) is 1. The number of rotatable bonds is 19. The second kappa shape index (κ2) is 20.0. The van der Waals surface area contributed by atoms with E-state index in [9.17, 15) is 9.90 Å². The average Bonchev–Trinajstić information content (AvgIpc) is 3.13. The van der Waals surface area contributed by atoms with Crippen molar-refractivity contribution >= 4 is 14.4 Å². The van der Waals surface area contributed by atoms with Gasteiger partial charge in [0, 0.05) is 24.4 Å². The minimum absolute atomic E-state index is 0.120. The molecule has 0 aromatic heterocycles.